The average molecular weight is 421 g/mol. The summed E-state index contributed by atoms with van der Waals surface area (Å²) in [6.45, 7) is 11.3. The molecular formula is C21H36BN3O3S. The highest BCUT2D eigenvalue weighted by molar-refractivity contribution is 7.85. The minimum atomic E-state index is -1.09. The van der Waals surface area contributed by atoms with Gasteiger partial charge in [0.1, 0.15) is 0 Å². The van der Waals surface area contributed by atoms with Gasteiger partial charge in [-0.1, -0.05) is 20.8 Å². The van der Waals surface area contributed by atoms with E-state index in [1.807, 2.05) is 18.7 Å². The van der Waals surface area contributed by atoms with E-state index in [9.17, 15) is 14.3 Å². The normalized spacial score (nSPS) is 16.3. The van der Waals surface area contributed by atoms with Crippen LogP contribution < -0.4 is 0 Å². The van der Waals surface area contributed by atoms with Crippen LogP contribution in [0.2, 0.25) is 0 Å². The van der Waals surface area contributed by atoms with Crippen molar-refractivity contribution >= 4 is 24.5 Å². The molecule has 0 saturated carbocycles. The summed E-state index contributed by atoms with van der Waals surface area (Å²) in [5.41, 5.74) is 0.0384. The molecule has 1 aliphatic rings. The van der Waals surface area contributed by atoms with E-state index in [4.69, 9.17) is 7.98 Å². The van der Waals surface area contributed by atoms with Crippen molar-refractivity contribution in [3.05, 3.63) is 34.4 Å². The third-order valence-electron chi connectivity index (χ3n) is 5.09. The molecule has 0 amide bonds. The smallest absolute Gasteiger partial charge is 0.269 e. The van der Waals surface area contributed by atoms with Crippen molar-refractivity contribution in [2.45, 2.75) is 57.8 Å². The fourth-order valence-electron chi connectivity index (χ4n) is 3.46. The molecule has 1 unspecified atom stereocenters. The van der Waals surface area contributed by atoms with Gasteiger partial charge in [0.05, 0.1) is 15.7 Å². The Morgan fingerprint density at radius 1 is 1.17 bits per heavy atom. The summed E-state index contributed by atoms with van der Waals surface area (Å²) in [5, 5.41) is 10.7. The lowest BCUT2D eigenvalue weighted by Gasteiger charge is -2.31. The summed E-state index contributed by atoms with van der Waals surface area (Å²) in [4.78, 5) is 15.3. The van der Waals surface area contributed by atoms with Crippen LogP contribution >= 0.6 is 0 Å². The van der Waals surface area contributed by atoms with E-state index in [1.165, 1.54) is 12.1 Å². The monoisotopic (exact) mass is 421 g/mol. The van der Waals surface area contributed by atoms with Gasteiger partial charge in [0, 0.05) is 22.8 Å². The Bertz CT molecular complexity index is 608. The first-order chi connectivity index (χ1) is 14.0. The predicted octanol–water partition coefficient (Wildman–Crippen LogP) is 4.02. The Balaban J connectivity index is 0.00000204. The molecule has 1 aromatic carbocycles. The first-order valence-corrected chi connectivity index (χ1v) is 12.2. The van der Waals surface area contributed by atoms with E-state index >= 15 is 0 Å². The number of rotatable bonds is 11. The molecule has 0 aliphatic carbocycles. The van der Waals surface area contributed by atoms with Crippen molar-refractivity contribution in [2.75, 3.05) is 38.5 Å². The van der Waals surface area contributed by atoms with Crippen molar-refractivity contribution in [3.8, 4) is 0 Å². The molecule has 0 N–H and O–H groups in total. The van der Waals surface area contributed by atoms with Crippen LogP contribution in [0.15, 0.2) is 29.2 Å². The second-order valence-electron chi connectivity index (χ2n) is 7.29. The quantitative estimate of drug-likeness (QED) is 0.234. The summed E-state index contributed by atoms with van der Waals surface area (Å²) < 4.78 is 12.5. The Morgan fingerprint density at radius 2 is 1.79 bits per heavy atom. The van der Waals surface area contributed by atoms with Gasteiger partial charge in [0.2, 0.25) is 0 Å². The highest BCUT2D eigenvalue weighted by Crippen LogP contribution is 2.22. The van der Waals surface area contributed by atoms with Crippen LogP contribution in [0.3, 0.4) is 0 Å². The number of hydrogen-bond donors (Lipinski definition) is 0. The van der Waals surface area contributed by atoms with Crippen LogP contribution in [-0.2, 0) is 10.8 Å². The fourth-order valence-corrected chi connectivity index (χ4v) is 4.85. The van der Waals surface area contributed by atoms with E-state index in [-0.39, 0.29) is 5.69 Å². The molecule has 1 saturated heterocycles. The Hall–Kier alpha value is -1.25. The molecule has 2 rings (SSSR count). The van der Waals surface area contributed by atoms with Gasteiger partial charge in [0.25, 0.3) is 5.69 Å². The number of piperidine rings is 1. The van der Waals surface area contributed by atoms with Gasteiger partial charge >= 0.3 is 0 Å². The molecular weight excluding hydrogens is 385 g/mol. The van der Waals surface area contributed by atoms with Crippen molar-refractivity contribution in [1.29, 1.82) is 0 Å². The number of hydrogen-bond acceptors (Lipinski definition) is 5. The Kier molecular flexibility index (Phi) is 13.1. The maximum Gasteiger partial charge on any atom is 0.269 e. The number of nitrogens with zero attached hydrogens (tertiary/aromatic N) is 3. The SMILES string of the molecule is CC.[B]N(CCC)CCCCN1CCC(CS(=O)c2ccc([N+](=O)[O-])cc2)CC1. The van der Waals surface area contributed by atoms with Crippen LogP contribution in [-0.4, -0.2) is 65.3 Å². The lowest BCUT2D eigenvalue weighted by molar-refractivity contribution is -0.384. The van der Waals surface area contributed by atoms with Crippen molar-refractivity contribution in [3.63, 3.8) is 0 Å². The van der Waals surface area contributed by atoms with Crippen molar-refractivity contribution in [1.82, 2.24) is 9.71 Å². The maximum absolute atomic E-state index is 12.5. The van der Waals surface area contributed by atoms with E-state index in [1.54, 1.807) is 12.1 Å². The van der Waals surface area contributed by atoms with Crippen LogP contribution in [0.4, 0.5) is 5.69 Å². The molecule has 29 heavy (non-hydrogen) atoms. The molecule has 8 heteroatoms. The zero-order valence-electron chi connectivity index (χ0n) is 18.2. The maximum atomic E-state index is 12.5. The Morgan fingerprint density at radius 3 is 2.34 bits per heavy atom. The molecule has 162 valence electrons. The number of likely N-dealkylation sites (tertiary alicyclic amines) is 1. The van der Waals surface area contributed by atoms with Gasteiger partial charge in [-0.3, -0.25) is 14.3 Å². The second kappa shape index (κ2) is 14.7. The van der Waals surface area contributed by atoms with Gasteiger partial charge in [-0.25, -0.2) is 0 Å². The minimum absolute atomic E-state index is 0.0384. The van der Waals surface area contributed by atoms with Crippen LogP contribution in [0.5, 0.6) is 0 Å². The van der Waals surface area contributed by atoms with E-state index in [0.29, 0.717) is 16.6 Å². The van der Waals surface area contributed by atoms with Crippen molar-refractivity contribution in [2.24, 2.45) is 5.92 Å². The number of nitro groups is 1. The largest absolute Gasteiger partial charge is 0.353 e. The molecule has 1 atom stereocenters. The first kappa shape index (κ1) is 25.8. The van der Waals surface area contributed by atoms with E-state index in [2.05, 4.69) is 11.8 Å². The minimum Gasteiger partial charge on any atom is -0.353 e. The second-order valence-corrected chi connectivity index (χ2v) is 8.79. The van der Waals surface area contributed by atoms with E-state index in [0.717, 1.165) is 64.8 Å². The number of unbranched alkanes of at least 4 members (excludes halogenated alkanes) is 1. The average Bonchev–Trinajstić information content (AvgIpc) is 2.74. The molecule has 2 radical (unpaired) electrons. The highest BCUT2D eigenvalue weighted by Gasteiger charge is 2.21. The summed E-state index contributed by atoms with van der Waals surface area (Å²) in [5.74, 6) is 1.10. The topological polar surface area (TPSA) is 66.7 Å². The molecule has 0 bridgehead atoms. The fraction of sp³-hybridized carbons (Fsp3) is 0.714. The molecule has 1 fully saturated rings. The van der Waals surface area contributed by atoms with E-state index < -0.39 is 15.7 Å². The third-order valence-corrected chi connectivity index (χ3v) is 6.66. The van der Waals surface area contributed by atoms with Gasteiger partial charge in [-0.05, 0) is 82.9 Å². The van der Waals surface area contributed by atoms with Gasteiger partial charge in [0.15, 0.2) is 7.98 Å². The van der Waals surface area contributed by atoms with Gasteiger partial charge < -0.3 is 9.71 Å². The van der Waals surface area contributed by atoms with Crippen LogP contribution in [0.25, 0.3) is 0 Å². The standard InChI is InChI=1S/C19H30BN3O3S.C2H6/c1-2-11-22(20)13-4-3-12-21-14-9-17(10-15-21)16-27(26)19-7-5-18(6-8-19)23(24)25;1-2/h5-8,17H,2-4,9-16H2,1H3;1-2H3. The molecule has 1 aliphatic heterocycles. The molecule has 1 aromatic rings. The lowest BCUT2D eigenvalue weighted by atomic mass is 9.99. The number of nitro benzene ring substituents is 1. The molecule has 0 spiro atoms. The number of non-ortho nitro benzene ring substituents is 1. The summed E-state index contributed by atoms with van der Waals surface area (Å²) in [6.07, 6.45) is 5.51. The highest BCUT2D eigenvalue weighted by atomic mass is 32.2. The zero-order valence-corrected chi connectivity index (χ0v) is 19.0. The molecule has 1 heterocycles. The van der Waals surface area contributed by atoms with Crippen molar-refractivity contribution < 1.29 is 9.13 Å². The Labute approximate surface area is 180 Å². The summed E-state index contributed by atoms with van der Waals surface area (Å²) in [7, 11) is 4.81. The summed E-state index contributed by atoms with van der Waals surface area (Å²) in [6, 6.07) is 6.09. The number of benzene rings is 1. The predicted molar refractivity (Wildman–Crippen MR) is 122 cm³/mol. The lowest BCUT2D eigenvalue weighted by Crippen LogP contribution is -2.36. The summed E-state index contributed by atoms with van der Waals surface area (Å²) >= 11 is 0. The van der Waals surface area contributed by atoms with Gasteiger partial charge in [-0.2, -0.15) is 0 Å². The molecule has 0 aromatic heterocycles. The van der Waals surface area contributed by atoms with Crippen LogP contribution in [0.1, 0.15) is 52.9 Å². The molecule has 6 nitrogen and oxygen atoms in total. The van der Waals surface area contributed by atoms with Crippen LogP contribution in [0, 0.1) is 16.0 Å². The third kappa shape index (κ3) is 9.87. The zero-order chi connectivity index (χ0) is 21.6. The van der Waals surface area contributed by atoms with Gasteiger partial charge in [-0.15, -0.1) is 0 Å². The first-order valence-electron chi connectivity index (χ1n) is 10.8.